The fraction of sp³-hybridized carbons (Fsp3) is 0.333. The number of nitrogens with zero attached hydrogens (tertiary/aromatic N) is 6. The maximum absolute atomic E-state index is 5.15. The first-order valence-corrected chi connectivity index (χ1v) is 22.1. The number of fused-ring (bicyclic) bond motifs is 6. The third-order valence-electron chi connectivity index (χ3n) is 12.2. The second-order valence-corrected chi connectivity index (χ2v) is 15.7. The Hall–Kier alpha value is -5.88. The highest BCUT2D eigenvalue weighted by Gasteiger charge is 2.22. The first-order valence-electron chi connectivity index (χ1n) is 22.1. The lowest BCUT2D eigenvalue weighted by molar-refractivity contribution is 0.856. The lowest BCUT2D eigenvalue weighted by atomic mass is 9.83. The molecule has 6 nitrogen and oxygen atoms in total. The van der Waals surface area contributed by atoms with Gasteiger partial charge < -0.3 is 0 Å². The van der Waals surface area contributed by atoms with Crippen LogP contribution < -0.4 is 0 Å². The van der Waals surface area contributed by atoms with Crippen LogP contribution in [0.2, 0.25) is 0 Å². The SMILES string of the molecule is CCc1c2c(CC)c3c(CC)c1CN=Cc1cccc(c1)C=NCc1c(CC)c(c(CC)c(c1CC)CN=Cc1cccc(c1)C=NC3)CN=Cc1cccc(c1)C=NC2. The van der Waals surface area contributed by atoms with Gasteiger partial charge >= 0.3 is 0 Å². The van der Waals surface area contributed by atoms with Crippen LogP contribution in [-0.4, -0.2) is 37.3 Å². The van der Waals surface area contributed by atoms with Gasteiger partial charge in [0, 0.05) is 37.3 Å². The Morgan fingerprint density at radius 2 is 0.450 bits per heavy atom. The zero-order valence-electron chi connectivity index (χ0n) is 36.6. The van der Waals surface area contributed by atoms with Crippen LogP contribution in [0.5, 0.6) is 0 Å². The van der Waals surface area contributed by atoms with E-state index in [2.05, 4.69) is 114 Å². The van der Waals surface area contributed by atoms with Crippen LogP contribution in [0.15, 0.2) is 103 Å². The molecule has 12 bridgehead atoms. The summed E-state index contributed by atoms with van der Waals surface area (Å²) in [7, 11) is 0. The maximum Gasteiger partial charge on any atom is 0.0645 e. The molecule has 0 radical (unpaired) electrons. The van der Waals surface area contributed by atoms with Crippen molar-refractivity contribution in [3.05, 3.63) is 173 Å². The summed E-state index contributed by atoms with van der Waals surface area (Å²) in [6.45, 7) is 17.2. The van der Waals surface area contributed by atoms with Gasteiger partial charge in [0.2, 0.25) is 0 Å². The molecule has 0 unspecified atom stereocenters. The Labute approximate surface area is 358 Å². The Morgan fingerprint density at radius 1 is 0.283 bits per heavy atom. The van der Waals surface area contributed by atoms with Crippen LogP contribution in [0.4, 0.5) is 0 Å². The van der Waals surface area contributed by atoms with Crippen molar-refractivity contribution in [2.24, 2.45) is 30.0 Å². The summed E-state index contributed by atoms with van der Waals surface area (Å²) < 4.78 is 0. The molecule has 0 spiro atoms. The molecule has 306 valence electrons. The van der Waals surface area contributed by atoms with E-state index in [1.165, 1.54) is 66.8 Å². The van der Waals surface area contributed by atoms with Crippen molar-refractivity contribution in [2.75, 3.05) is 0 Å². The van der Waals surface area contributed by atoms with E-state index in [9.17, 15) is 0 Å². The Morgan fingerprint density at radius 3 is 0.600 bits per heavy atom. The highest BCUT2D eigenvalue weighted by molar-refractivity contribution is 5.88. The Bertz CT molecular complexity index is 2030. The lowest BCUT2D eigenvalue weighted by Crippen LogP contribution is -2.13. The second kappa shape index (κ2) is 20.4. The summed E-state index contributed by atoms with van der Waals surface area (Å²) in [4.78, 5) is 30.9. The topological polar surface area (TPSA) is 74.2 Å². The molecule has 0 aromatic heterocycles. The molecule has 0 saturated carbocycles. The van der Waals surface area contributed by atoms with Gasteiger partial charge in [0.25, 0.3) is 0 Å². The predicted octanol–water partition coefficient (Wildman–Crippen LogP) is 11.4. The average molecular weight is 793 g/mol. The third-order valence-corrected chi connectivity index (χ3v) is 12.2. The van der Waals surface area contributed by atoms with Gasteiger partial charge in [-0.2, -0.15) is 0 Å². The molecular formula is C54H60N6. The van der Waals surface area contributed by atoms with Gasteiger partial charge in [-0.3, -0.25) is 30.0 Å². The van der Waals surface area contributed by atoms with E-state index in [0.29, 0.717) is 39.3 Å². The van der Waals surface area contributed by atoms with E-state index in [4.69, 9.17) is 30.0 Å². The largest absolute Gasteiger partial charge is 0.288 e. The maximum atomic E-state index is 5.15. The molecule has 3 aliphatic heterocycles. The highest BCUT2D eigenvalue weighted by atomic mass is 14.7. The van der Waals surface area contributed by atoms with E-state index in [1.807, 2.05) is 37.3 Å². The molecular weight excluding hydrogens is 733 g/mol. The van der Waals surface area contributed by atoms with Gasteiger partial charge in [-0.15, -0.1) is 0 Å². The minimum Gasteiger partial charge on any atom is -0.288 e. The highest BCUT2D eigenvalue weighted by Crippen LogP contribution is 2.34. The average Bonchev–Trinajstić information content (AvgIpc) is 3.26. The molecule has 0 N–H and O–H groups in total. The van der Waals surface area contributed by atoms with Crippen LogP contribution in [0.25, 0.3) is 0 Å². The quantitative estimate of drug-likeness (QED) is 0.164. The first-order chi connectivity index (χ1) is 29.5. The number of hydrogen-bond acceptors (Lipinski definition) is 6. The van der Waals surface area contributed by atoms with Gasteiger partial charge in [0.15, 0.2) is 0 Å². The summed E-state index contributed by atoms with van der Waals surface area (Å²) in [5, 5.41) is 0. The van der Waals surface area contributed by atoms with Crippen molar-refractivity contribution in [1.29, 1.82) is 0 Å². The fourth-order valence-corrected chi connectivity index (χ4v) is 9.50. The summed E-state index contributed by atoms with van der Waals surface area (Å²) in [6.07, 6.45) is 17.7. The minimum absolute atomic E-state index is 0.600. The monoisotopic (exact) mass is 792 g/mol. The molecule has 0 saturated heterocycles. The van der Waals surface area contributed by atoms with Gasteiger partial charge in [-0.05, 0) is 157 Å². The van der Waals surface area contributed by atoms with Crippen molar-refractivity contribution >= 4 is 37.3 Å². The summed E-state index contributed by atoms with van der Waals surface area (Å²) >= 11 is 0. The molecule has 3 aliphatic rings. The zero-order chi connectivity index (χ0) is 41.8. The summed E-state index contributed by atoms with van der Waals surface area (Å²) in [5.74, 6) is 0. The molecule has 60 heavy (non-hydrogen) atoms. The van der Waals surface area contributed by atoms with Crippen LogP contribution in [0.1, 0.15) is 142 Å². The normalized spacial score (nSPS) is 14.1. The molecule has 0 amide bonds. The minimum atomic E-state index is 0.600. The number of benzene rings is 5. The smallest absolute Gasteiger partial charge is 0.0645 e. The van der Waals surface area contributed by atoms with Crippen molar-refractivity contribution in [3.63, 3.8) is 0 Å². The van der Waals surface area contributed by atoms with Crippen molar-refractivity contribution in [2.45, 2.75) is 119 Å². The molecule has 6 heteroatoms. The fourth-order valence-electron chi connectivity index (χ4n) is 9.50. The van der Waals surface area contributed by atoms with E-state index in [1.54, 1.807) is 0 Å². The van der Waals surface area contributed by atoms with E-state index in [-0.39, 0.29) is 0 Å². The van der Waals surface area contributed by atoms with Crippen LogP contribution in [-0.2, 0) is 77.8 Å². The molecule has 0 aliphatic carbocycles. The first kappa shape index (κ1) is 42.3. The molecule has 0 atom stereocenters. The third kappa shape index (κ3) is 9.44. The van der Waals surface area contributed by atoms with E-state index in [0.717, 1.165) is 71.9 Å². The molecule has 0 fully saturated rings. The van der Waals surface area contributed by atoms with Crippen molar-refractivity contribution in [3.8, 4) is 0 Å². The van der Waals surface area contributed by atoms with Crippen LogP contribution in [0, 0.1) is 0 Å². The molecule has 5 aromatic rings. The zero-order valence-corrected chi connectivity index (χ0v) is 36.6. The standard InChI is InChI=1S/C54H60N6/c1-7-43-49-31-55-25-37-16-13-18-39(22-37)28-58-34-52-46(10-4)53-35-59-29-40-19-14-17-38(23-40)26-56-32-50(43)45(9-3)51(44(49)8-2)33-57-27-41-20-15-21-42(24-41)30-60-36-54(47(52)11-5)48(53)12-6/h13-30H,7-12,31-36H2,1-6H3. The van der Waals surface area contributed by atoms with Gasteiger partial charge in [0.1, 0.15) is 0 Å². The van der Waals surface area contributed by atoms with E-state index >= 15 is 0 Å². The lowest BCUT2D eigenvalue weighted by Gasteiger charge is -2.24. The van der Waals surface area contributed by atoms with Crippen LogP contribution >= 0.6 is 0 Å². The summed E-state index contributed by atoms with van der Waals surface area (Å²) in [5.41, 5.74) is 22.5. The van der Waals surface area contributed by atoms with Gasteiger partial charge in [-0.1, -0.05) is 96.1 Å². The van der Waals surface area contributed by atoms with Crippen molar-refractivity contribution in [1.82, 2.24) is 0 Å². The molecule has 5 aromatic carbocycles. The summed E-state index contributed by atoms with van der Waals surface area (Å²) in [6, 6.07) is 25.7. The Kier molecular flexibility index (Phi) is 14.4. The molecule has 3 heterocycles. The van der Waals surface area contributed by atoms with Gasteiger partial charge in [-0.25, -0.2) is 0 Å². The Balaban J connectivity index is 1.50. The number of hydrogen-bond donors (Lipinski definition) is 0. The predicted molar refractivity (Wildman–Crippen MR) is 256 cm³/mol. The number of rotatable bonds is 6. The van der Waals surface area contributed by atoms with E-state index < -0.39 is 0 Å². The van der Waals surface area contributed by atoms with Crippen molar-refractivity contribution < 1.29 is 0 Å². The number of aliphatic imine (C=N–C) groups is 6. The van der Waals surface area contributed by atoms with Crippen LogP contribution in [0.3, 0.4) is 0 Å². The molecule has 8 rings (SSSR count). The second-order valence-electron chi connectivity index (χ2n) is 15.7. The van der Waals surface area contributed by atoms with Gasteiger partial charge in [0.05, 0.1) is 39.3 Å².